The van der Waals surface area contributed by atoms with E-state index in [0.29, 0.717) is 0 Å². The van der Waals surface area contributed by atoms with Crippen LogP contribution >= 0.6 is 11.3 Å². The van der Waals surface area contributed by atoms with Crippen LogP contribution in [0, 0.1) is 0 Å². The van der Waals surface area contributed by atoms with E-state index in [9.17, 15) is 0 Å². The van der Waals surface area contributed by atoms with Gasteiger partial charge in [0.2, 0.25) is 0 Å². The molecule has 0 saturated carbocycles. The molecule has 0 aliphatic heterocycles. The third kappa shape index (κ3) is 2.40. The van der Waals surface area contributed by atoms with Crippen molar-refractivity contribution in [3.05, 3.63) is 34.7 Å². The van der Waals surface area contributed by atoms with Crippen LogP contribution in [0.2, 0.25) is 0 Å². The number of thiazole rings is 1. The average Bonchev–Trinajstić information content (AvgIpc) is 2.88. The first-order valence-electron chi connectivity index (χ1n) is 5.96. The molecule has 0 bridgehead atoms. The first-order chi connectivity index (χ1) is 8.59. The Kier molecular flexibility index (Phi) is 3.68. The predicted octanol–water partition coefficient (Wildman–Crippen LogP) is 3.66. The van der Waals surface area contributed by atoms with Crippen molar-refractivity contribution in [1.82, 2.24) is 4.98 Å². The van der Waals surface area contributed by atoms with E-state index in [2.05, 4.69) is 24.2 Å². The molecule has 96 valence electrons. The Hall–Kier alpha value is -1.39. The van der Waals surface area contributed by atoms with Crippen LogP contribution in [-0.2, 0) is 10.3 Å². The number of hydrogen-bond acceptors (Lipinski definition) is 4. The van der Waals surface area contributed by atoms with E-state index in [4.69, 9.17) is 10.5 Å². The second kappa shape index (κ2) is 5.08. The van der Waals surface area contributed by atoms with Gasteiger partial charge in [-0.3, -0.25) is 0 Å². The molecule has 1 unspecified atom stereocenters. The van der Waals surface area contributed by atoms with Gasteiger partial charge in [-0.2, -0.15) is 0 Å². The Labute approximate surface area is 112 Å². The quantitative estimate of drug-likeness (QED) is 0.855. The molecule has 0 aliphatic carbocycles. The van der Waals surface area contributed by atoms with Gasteiger partial charge in [0.05, 0.1) is 5.69 Å². The molecule has 1 heterocycles. The van der Waals surface area contributed by atoms with Crippen LogP contribution in [0.15, 0.2) is 29.6 Å². The molecule has 0 saturated heterocycles. The standard InChI is InChI=1S/C14H18N2OS/c1-4-14(2,17-3)13-16-12(9-18-13)10-6-5-7-11(15)8-10/h5-9H,4,15H2,1-3H3. The zero-order valence-electron chi connectivity index (χ0n) is 10.9. The van der Waals surface area contributed by atoms with Crippen LogP contribution < -0.4 is 5.73 Å². The van der Waals surface area contributed by atoms with Crippen LogP contribution in [0.3, 0.4) is 0 Å². The number of nitrogens with zero attached hydrogens (tertiary/aromatic N) is 1. The minimum absolute atomic E-state index is 0.302. The van der Waals surface area contributed by atoms with Crippen molar-refractivity contribution in [3.63, 3.8) is 0 Å². The van der Waals surface area contributed by atoms with Crippen LogP contribution in [0.4, 0.5) is 5.69 Å². The summed E-state index contributed by atoms with van der Waals surface area (Å²) in [5, 5.41) is 3.06. The highest BCUT2D eigenvalue weighted by atomic mass is 32.1. The molecule has 0 amide bonds. The Morgan fingerprint density at radius 1 is 1.44 bits per heavy atom. The average molecular weight is 262 g/mol. The lowest BCUT2D eigenvalue weighted by atomic mass is 10.0. The molecule has 1 atom stereocenters. The van der Waals surface area contributed by atoms with Crippen molar-refractivity contribution >= 4 is 17.0 Å². The van der Waals surface area contributed by atoms with Crippen molar-refractivity contribution in [1.29, 1.82) is 0 Å². The number of aromatic nitrogens is 1. The summed E-state index contributed by atoms with van der Waals surface area (Å²) in [6.07, 6.45) is 0.896. The second-order valence-electron chi connectivity index (χ2n) is 4.45. The third-order valence-electron chi connectivity index (χ3n) is 3.26. The van der Waals surface area contributed by atoms with Gasteiger partial charge in [-0.15, -0.1) is 11.3 Å². The fourth-order valence-corrected chi connectivity index (χ4v) is 2.77. The maximum atomic E-state index is 5.79. The number of nitrogen functional groups attached to an aromatic ring is 1. The molecule has 3 nitrogen and oxygen atoms in total. The Morgan fingerprint density at radius 2 is 2.22 bits per heavy atom. The summed E-state index contributed by atoms with van der Waals surface area (Å²) in [5.41, 5.74) is 8.25. The number of nitrogens with two attached hydrogens (primary N) is 1. The van der Waals surface area contributed by atoms with E-state index in [1.165, 1.54) is 0 Å². The minimum atomic E-state index is -0.302. The summed E-state index contributed by atoms with van der Waals surface area (Å²) < 4.78 is 5.57. The fourth-order valence-electron chi connectivity index (χ4n) is 1.73. The molecule has 1 aromatic heterocycles. The minimum Gasteiger partial charge on any atom is -0.399 e. The summed E-state index contributed by atoms with van der Waals surface area (Å²) in [6.45, 7) is 4.17. The first kappa shape index (κ1) is 13.1. The molecule has 1 aromatic carbocycles. The zero-order valence-corrected chi connectivity index (χ0v) is 11.8. The maximum Gasteiger partial charge on any atom is 0.125 e. The first-order valence-corrected chi connectivity index (χ1v) is 6.84. The number of rotatable bonds is 4. The van der Waals surface area contributed by atoms with Crippen LogP contribution in [-0.4, -0.2) is 12.1 Å². The monoisotopic (exact) mass is 262 g/mol. The van der Waals surface area contributed by atoms with Gasteiger partial charge in [0.1, 0.15) is 10.6 Å². The number of ether oxygens (including phenoxy) is 1. The number of methoxy groups -OCH3 is 1. The molecule has 2 N–H and O–H groups in total. The van der Waals surface area contributed by atoms with Gasteiger partial charge in [-0.05, 0) is 25.5 Å². The van der Waals surface area contributed by atoms with E-state index < -0.39 is 0 Å². The van der Waals surface area contributed by atoms with Crippen molar-refractivity contribution in [2.24, 2.45) is 0 Å². The van der Waals surface area contributed by atoms with Gasteiger partial charge < -0.3 is 10.5 Å². The van der Waals surface area contributed by atoms with Crippen molar-refractivity contribution < 1.29 is 4.74 Å². The van der Waals surface area contributed by atoms with Crippen molar-refractivity contribution in [2.45, 2.75) is 25.9 Å². The molecular formula is C14H18N2OS. The maximum absolute atomic E-state index is 5.79. The molecular weight excluding hydrogens is 244 g/mol. The summed E-state index contributed by atoms with van der Waals surface area (Å²) in [4.78, 5) is 4.67. The number of anilines is 1. The van der Waals surface area contributed by atoms with E-state index in [-0.39, 0.29) is 5.60 Å². The van der Waals surface area contributed by atoms with E-state index in [1.807, 2.05) is 24.3 Å². The Bertz CT molecular complexity index is 532. The molecule has 0 radical (unpaired) electrons. The highest BCUT2D eigenvalue weighted by molar-refractivity contribution is 7.10. The molecule has 4 heteroatoms. The Balaban J connectivity index is 2.36. The van der Waals surface area contributed by atoms with Gasteiger partial charge in [0, 0.05) is 23.7 Å². The lowest BCUT2D eigenvalue weighted by Crippen LogP contribution is -2.22. The summed E-state index contributed by atoms with van der Waals surface area (Å²) in [6, 6.07) is 7.78. The highest BCUT2D eigenvalue weighted by Crippen LogP contribution is 2.33. The summed E-state index contributed by atoms with van der Waals surface area (Å²) >= 11 is 1.63. The highest BCUT2D eigenvalue weighted by Gasteiger charge is 2.27. The van der Waals surface area contributed by atoms with Gasteiger partial charge in [0.25, 0.3) is 0 Å². The third-order valence-corrected chi connectivity index (χ3v) is 4.35. The van der Waals surface area contributed by atoms with Crippen molar-refractivity contribution in [2.75, 3.05) is 12.8 Å². The lowest BCUT2D eigenvalue weighted by molar-refractivity contribution is -0.00149. The number of hydrogen-bond donors (Lipinski definition) is 1. The fraction of sp³-hybridized carbons (Fsp3) is 0.357. The molecule has 2 rings (SSSR count). The topological polar surface area (TPSA) is 48.1 Å². The van der Waals surface area contributed by atoms with Crippen LogP contribution in [0.1, 0.15) is 25.3 Å². The van der Waals surface area contributed by atoms with E-state index >= 15 is 0 Å². The summed E-state index contributed by atoms with van der Waals surface area (Å²) in [5.74, 6) is 0. The normalized spacial score (nSPS) is 14.4. The zero-order chi connectivity index (χ0) is 13.2. The molecule has 18 heavy (non-hydrogen) atoms. The summed E-state index contributed by atoms with van der Waals surface area (Å²) in [7, 11) is 1.73. The molecule has 2 aromatic rings. The predicted molar refractivity (Wildman–Crippen MR) is 76.6 cm³/mol. The van der Waals surface area contributed by atoms with Gasteiger partial charge in [0.15, 0.2) is 0 Å². The molecule has 0 aliphatic rings. The lowest BCUT2D eigenvalue weighted by Gasteiger charge is -2.23. The van der Waals surface area contributed by atoms with Crippen molar-refractivity contribution in [3.8, 4) is 11.3 Å². The van der Waals surface area contributed by atoms with Crippen LogP contribution in [0.25, 0.3) is 11.3 Å². The van der Waals surface area contributed by atoms with Gasteiger partial charge >= 0.3 is 0 Å². The number of benzene rings is 1. The van der Waals surface area contributed by atoms with E-state index in [0.717, 1.165) is 28.4 Å². The van der Waals surface area contributed by atoms with Gasteiger partial charge in [-0.25, -0.2) is 4.98 Å². The SMILES string of the molecule is CCC(C)(OC)c1nc(-c2cccc(N)c2)cs1. The second-order valence-corrected chi connectivity index (χ2v) is 5.31. The van der Waals surface area contributed by atoms with Gasteiger partial charge in [-0.1, -0.05) is 19.1 Å². The Morgan fingerprint density at radius 3 is 2.83 bits per heavy atom. The molecule has 0 fully saturated rings. The van der Waals surface area contributed by atoms with E-state index in [1.54, 1.807) is 18.4 Å². The van der Waals surface area contributed by atoms with Crippen LogP contribution in [0.5, 0.6) is 0 Å². The smallest absolute Gasteiger partial charge is 0.125 e. The molecule has 0 spiro atoms. The largest absolute Gasteiger partial charge is 0.399 e.